The van der Waals surface area contributed by atoms with Crippen molar-refractivity contribution in [1.29, 1.82) is 0 Å². The maximum Gasteiger partial charge on any atom is 0.263 e. The molecule has 0 bridgehead atoms. The van der Waals surface area contributed by atoms with Crippen molar-refractivity contribution < 1.29 is 19.0 Å². The van der Waals surface area contributed by atoms with Gasteiger partial charge in [-0.15, -0.1) is 0 Å². The van der Waals surface area contributed by atoms with Gasteiger partial charge in [-0.2, -0.15) is 0 Å². The smallest absolute Gasteiger partial charge is 0.263 e. The second kappa shape index (κ2) is 3.86. The van der Waals surface area contributed by atoms with Crippen LogP contribution in [0.4, 0.5) is 8.78 Å². The third-order valence-corrected chi connectivity index (χ3v) is 1.98. The lowest BCUT2D eigenvalue weighted by Gasteiger charge is -2.35. The zero-order chi connectivity index (χ0) is 10.1. The van der Waals surface area contributed by atoms with E-state index in [4.69, 9.17) is 10.2 Å². The van der Waals surface area contributed by atoms with Gasteiger partial charge in [-0.05, 0) is 6.92 Å². The van der Waals surface area contributed by atoms with Gasteiger partial charge in [0.15, 0.2) is 0 Å². The van der Waals surface area contributed by atoms with E-state index in [1.807, 2.05) is 0 Å². The molecule has 0 aromatic heterocycles. The fraction of sp³-hybridized carbons (Fsp3) is 1.00. The van der Waals surface area contributed by atoms with Gasteiger partial charge < -0.3 is 10.2 Å². The third-order valence-electron chi connectivity index (χ3n) is 1.98. The SMILES string of the molecule is CC(O)CN1CC(O)CC(F)(F)C1. The number of aliphatic hydroxyl groups is 2. The van der Waals surface area contributed by atoms with Crippen LogP contribution in [-0.4, -0.2) is 52.9 Å². The topological polar surface area (TPSA) is 43.7 Å². The predicted octanol–water partition coefficient (Wildman–Crippen LogP) is 0.0691. The van der Waals surface area contributed by atoms with Crippen LogP contribution in [0.3, 0.4) is 0 Å². The Balaban J connectivity index is 2.48. The lowest BCUT2D eigenvalue weighted by Crippen LogP contribution is -2.51. The highest BCUT2D eigenvalue weighted by molar-refractivity contribution is 4.84. The summed E-state index contributed by atoms with van der Waals surface area (Å²) in [5, 5.41) is 18.1. The van der Waals surface area contributed by atoms with Gasteiger partial charge >= 0.3 is 0 Å². The van der Waals surface area contributed by atoms with Gasteiger partial charge in [-0.1, -0.05) is 0 Å². The molecule has 0 aliphatic carbocycles. The minimum Gasteiger partial charge on any atom is -0.392 e. The van der Waals surface area contributed by atoms with Gasteiger partial charge in [0.2, 0.25) is 0 Å². The van der Waals surface area contributed by atoms with Gasteiger partial charge in [-0.25, -0.2) is 8.78 Å². The number of hydrogen-bond donors (Lipinski definition) is 2. The number of halogens is 2. The molecule has 5 heteroatoms. The molecule has 1 fully saturated rings. The van der Waals surface area contributed by atoms with Crippen LogP contribution in [0.1, 0.15) is 13.3 Å². The Labute approximate surface area is 76.0 Å². The van der Waals surface area contributed by atoms with E-state index in [1.54, 1.807) is 6.92 Å². The van der Waals surface area contributed by atoms with E-state index >= 15 is 0 Å². The standard InChI is InChI=1S/C8H15F2NO2/c1-6(12)3-11-4-7(13)2-8(9,10)5-11/h6-7,12-13H,2-5H2,1H3. The molecule has 0 spiro atoms. The van der Waals surface area contributed by atoms with E-state index < -0.39 is 24.6 Å². The van der Waals surface area contributed by atoms with Gasteiger partial charge in [0.25, 0.3) is 5.92 Å². The molecule has 1 rings (SSSR count). The zero-order valence-electron chi connectivity index (χ0n) is 7.58. The number of β-amino-alcohol motifs (C(OH)–C–C–N with tert-alkyl or cyclic N) is 2. The number of likely N-dealkylation sites (tertiary alicyclic amines) is 1. The van der Waals surface area contributed by atoms with Crippen molar-refractivity contribution in [3.05, 3.63) is 0 Å². The largest absolute Gasteiger partial charge is 0.392 e. The highest BCUT2D eigenvalue weighted by Gasteiger charge is 2.39. The van der Waals surface area contributed by atoms with Gasteiger partial charge in [-0.3, -0.25) is 4.90 Å². The first-order chi connectivity index (χ1) is 5.89. The van der Waals surface area contributed by atoms with Crippen molar-refractivity contribution in [2.24, 2.45) is 0 Å². The Kier molecular flexibility index (Phi) is 3.21. The van der Waals surface area contributed by atoms with Crippen molar-refractivity contribution in [2.75, 3.05) is 19.6 Å². The van der Waals surface area contributed by atoms with Crippen LogP contribution in [-0.2, 0) is 0 Å². The number of aliphatic hydroxyl groups excluding tert-OH is 2. The molecule has 0 radical (unpaired) electrons. The first-order valence-corrected chi connectivity index (χ1v) is 4.35. The molecule has 2 unspecified atom stereocenters. The molecule has 0 aromatic rings. The third kappa shape index (κ3) is 3.54. The molecule has 0 saturated carbocycles. The summed E-state index contributed by atoms with van der Waals surface area (Å²) in [6.07, 6.45) is -2.09. The summed E-state index contributed by atoms with van der Waals surface area (Å²) in [4.78, 5) is 1.39. The average Bonchev–Trinajstić information content (AvgIpc) is 1.78. The Morgan fingerprint density at radius 2 is 2.23 bits per heavy atom. The van der Waals surface area contributed by atoms with E-state index in [-0.39, 0.29) is 19.6 Å². The highest BCUT2D eigenvalue weighted by atomic mass is 19.3. The minimum absolute atomic E-state index is 0.187. The van der Waals surface area contributed by atoms with Gasteiger partial charge in [0.05, 0.1) is 18.8 Å². The average molecular weight is 195 g/mol. The van der Waals surface area contributed by atoms with Crippen LogP contribution in [0.5, 0.6) is 0 Å². The minimum atomic E-state index is -2.83. The summed E-state index contributed by atoms with van der Waals surface area (Å²) >= 11 is 0. The van der Waals surface area contributed by atoms with Crippen LogP contribution in [0.15, 0.2) is 0 Å². The fourth-order valence-corrected chi connectivity index (χ4v) is 1.68. The fourth-order valence-electron chi connectivity index (χ4n) is 1.68. The lowest BCUT2D eigenvalue weighted by molar-refractivity contribution is -0.112. The Morgan fingerprint density at radius 3 is 2.69 bits per heavy atom. The molecule has 1 saturated heterocycles. The number of hydrogen-bond acceptors (Lipinski definition) is 3. The van der Waals surface area contributed by atoms with E-state index in [1.165, 1.54) is 4.90 Å². The van der Waals surface area contributed by atoms with Crippen LogP contribution in [0, 0.1) is 0 Å². The molecule has 0 amide bonds. The molecular weight excluding hydrogens is 180 g/mol. The molecule has 0 aromatic carbocycles. The summed E-state index contributed by atoms with van der Waals surface area (Å²) in [5.41, 5.74) is 0. The zero-order valence-corrected chi connectivity index (χ0v) is 7.58. The summed E-state index contributed by atoms with van der Waals surface area (Å²) < 4.78 is 25.7. The molecular formula is C8H15F2NO2. The molecule has 78 valence electrons. The lowest BCUT2D eigenvalue weighted by atomic mass is 10.0. The van der Waals surface area contributed by atoms with Crippen molar-refractivity contribution in [3.63, 3.8) is 0 Å². The van der Waals surface area contributed by atoms with Crippen molar-refractivity contribution in [1.82, 2.24) is 4.90 Å². The van der Waals surface area contributed by atoms with Gasteiger partial charge in [0, 0.05) is 19.5 Å². The van der Waals surface area contributed by atoms with Crippen molar-refractivity contribution in [2.45, 2.75) is 31.5 Å². The van der Waals surface area contributed by atoms with E-state index in [9.17, 15) is 8.78 Å². The molecule has 13 heavy (non-hydrogen) atoms. The molecule has 2 atom stereocenters. The normalized spacial score (nSPS) is 31.6. The Bertz CT molecular complexity index is 174. The van der Waals surface area contributed by atoms with Crippen LogP contribution >= 0.6 is 0 Å². The summed E-state index contributed by atoms with van der Waals surface area (Å²) in [5.74, 6) is -2.83. The highest BCUT2D eigenvalue weighted by Crippen LogP contribution is 2.26. The second-order valence-electron chi connectivity index (χ2n) is 3.76. The summed E-state index contributed by atoms with van der Waals surface area (Å²) in [7, 11) is 0. The Hall–Kier alpha value is -0.260. The predicted molar refractivity (Wildman–Crippen MR) is 43.7 cm³/mol. The number of nitrogens with zero attached hydrogens (tertiary/aromatic N) is 1. The number of piperidine rings is 1. The van der Waals surface area contributed by atoms with E-state index in [2.05, 4.69) is 0 Å². The van der Waals surface area contributed by atoms with Crippen LogP contribution in [0.2, 0.25) is 0 Å². The van der Waals surface area contributed by atoms with E-state index in [0.29, 0.717) is 0 Å². The van der Waals surface area contributed by atoms with E-state index in [0.717, 1.165) is 0 Å². The maximum atomic E-state index is 12.9. The maximum absolute atomic E-state index is 12.9. The first kappa shape index (κ1) is 10.8. The Morgan fingerprint density at radius 1 is 1.62 bits per heavy atom. The first-order valence-electron chi connectivity index (χ1n) is 4.35. The number of alkyl halides is 2. The van der Waals surface area contributed by atoms with Crippen LogP contribution in [0.25, 0.3) is 0 Å². The molecule has 3 nitrogen and oxygen atoms in total. The number of rotatable bonds is 2. The van der Waals surface area contributed by atoms with Crippen LogP contribution < -0.4 is 0 Å². The van der Waals surface area contributed by atoms with Crippen molar-refractivity contribution in [3.8, 4) is 0 Å². The molecule has 2 N–H and O–H groups in total. The molecule has 1 aliphatic rings. The molecule has 1 aliphatic heterocycles. The van der Waals surface area contributed by atoms with Gasteiger partial charge in [0.1, 0.15) is 0 Å². The summed E-state index contributed by atoms with van der Waals surface area (Å²) in [6.45, 7) is 1.58. The van der Waals surface area contributed by atoms with Crippen molar-refractivity contribution >= 4 is 0 Å². The molecule has 1 heterocycles. The summed E-state index contributed by atoms with van der Waals surface area (Å²) in [6, 6.07) is 0. The second-order valence-corrected chi connectivity index (χ2v) is 3.76. The monoisotopic (exact) mass is 195 g/mol. The quantitative estimate of drug-likeness (QED) is 0.655.